The van der Waals surface area contributed by atoms with Gasteiger partial charge in [-0.1, -0.05) is 18.3 Å². The molecule has 0 radical (unpaired) electrons. The summed E-state index contributed by atoms with van der Waals surface area (Å²) in [5, 5.41) is 7.50. The number of pyridine rings is 1. The van der Waals surface area contributed by atoms with Crippen LogP contribution in [0.1, 0.15) is 24.2 Å². The van der Waals surface area contributed by atoms with Crippen LogP contribution in [0.25, 0.3) is 0 Å². The molecule has 88 valence electrons. The van der Waals surface area contributed by atoms with Gasteiger partial charge < -0.3 is 11.1 Å². The second kappa shape index (κ2) is 5.25. The molecule has 0 aliphatic carbocycles. The standard InChI is InChI=1S/C12H13N3S2/c1-8(9-5-6-17-7-9)14-11-4-2-3-10(15-11)12(13)16/h2-8H,1H3,(H2,13,16)(H,14,15). The number of nitrogens with two attached hydrogens (primary N) is 1. The minimum Gasteiger partial charge on any atom is -0.388 e. The van der Waals surface area contributed by atoms with E-state index >= 15 is 0 Å². The molecule has 3 N–H and O–H groups in total. The number of nitrogens with zero attached hydrogens (tertiary/aromatic N) is 1. The van der Waals surface area contributed by atoms with Gasteiger partial charge in [-0.2, -0.15) is 11.3 Å². The minimum atomic E-state index is 0.218. The van der Waals surface area contributed by atoms with Crippen LogP contribution >= 0.6 is 23.6 Å². The third kappa shape index (κ3) is 3.01. The molecule has 3 nitrogen and oxygen atoms in total. The molecule has 0 aliphatic heterocycles. The summed E-state index contributed by atoms with van der Waals surface area (Å²) < 4.78 is 0. The van der Waals surface area contributed by atoms with Crippen molar-refractivity contribution in [3.8, 4) is 0 Å². The summed E-state index contributed by atoms with van der Waals surface area (Å²) in [5.41, 5.74) is 7.44. The number of anilines is 1. The first-order chi connectivity index (χ1) is 8.16. The lowest BCUT2D eigenvalue weighted by Gasteiger charge is -2.13. The van der Waals surface area contributed by atoms with Gasteiger partial charge in [0.05, 0.1) is 11.7 Å². The van der Waals surface area contributed by atoms with Crippen molar-refractivity contribution in [3.05, 3.63) is 46.3 Å². The average Bonchev–Trinajstić information content (AvgIpc) is 2.82. The van der Waals surface area contributed by atoms with E-state index in [1.54, 1.807) is 11.3 Å². The zero-order chi connectivity index (χ0) is 12.3. The molecule has 17 heavy (non-hydrogen) atoms. The molecule has 0 spiro atoms. The Kier molecular flexibility index (Phi) is 3.71. The predicted octanol–water partition coefficient (Wildman–Crippen LogP) is 2.95. The Labute approximate surface area is 110 Å². The summed E-state index contributed by atoms with van der Waals surface area (Å²) in [7, 11) is 0. The van der Waals surface area contributed by atoms with Crippen molar-refractivity contribution in [1.29, 1.82) is 0 Å². The lowest BCUT2D eigenvalue weighted by atomic mass is 10.2. The maximum Gasteiger partial charge on any atom is 0.127 e. The first kappa shape index (κ1) is 12.0. The summed E-state index contributed by atoms with van der Waals surface area (Å²) in [6.45, 7) is 2.09. The van der Waals surface area contributed by atoms with Gasteiger partial charge in [0.1, 0.15) is 10.8 Å². The molecule has 2 aromatic heterocycles. The zero-order valence-corrected chi connectivity index (χ0v) is 11.0. The summed E-state index contributed by atoms with van der Waals surface area (Å²) in [4.78, 5) is 4.66. The highest BCUT2D eigenvalue weighted by atomic mass is 32.1. The molecule has 0 aromatic carbocycles. The number of rotatable bonds is 4. The number of aromatic nitrogens is 1. The Morgan fingerprint density at radius 2 is 2.29 bits per heavy atom. The van der Waals surface area contributed by atoms with Crippen LogP contribution in [-0.4, -0.2) is 9.97 Å². The van der Waals surface area contributed by atoms with Crippen molar-refractivity contribution in [2.75, 3.05) is 5.32 Å². The van der Waals surface area contributed by atoms with E-state index < -0.39 is 0 Å². The minimum absolute atomic E-state index is 0.218. The number of thiophene rings is 1. The van der Waals surface area contributed by atoms with Crippen LogP contribution in [0.5, 0.6) is 0 Å². The van der Waals surface area contributed by atoms with Crippen LogP contribution in [0, 0.1) is 0 Å². The van der Waals surface area contributed by atoms with E-state index in [4.69, 9.17) is 18.0 Å². The number of nitrogens with one attached hydrogen (secondary N) is 1. The van der Waals surface area contributed by atoms with E-state index in [9.17, 15) is 0 Å². The van der Waals surface area contributed by atoms with E-state index in [0.29, 0.717) is 10.7 Å². The van der Waals surface area contributed by atoms with Crippen molar-refractivity contribution in [3.63, 3.8) is 0 Å². The topological polar surface area (TPSA) is 50.9 Å². The fraction of sp³-hybridized carbons (Fsp3) is 0.167. The summed E-state index contributed by atoms with van der Waals surface area (Å²) in [6.07, 6.45) is 0. The highest BCUT2D eigenvalue weighted by Gasteiger charge is 2.07. The number of hydrogen-bond acceptors (Lipinski definition) is 4. The molecule has 0 aliphatic rings. The van der Waals surface area contributed by atoms with Gasteiger partial charge >= 0.3 is 0 Å². The Morgan fingerprint density at radius 3 is 2.94 bits per heavy atom. The van der Waals surface area contributed by atoms with E-state index in [0.717, 1.165) is 5.82 Å². The maximum absolute atomic E-state index is 5.55. The first-order valence-corrected chi connectivity index (χ1v) is 6.57. The summed E-state index contributed by atoms with van der Waals surface area (Å²) in [5.74, 6) is 0.786. The van der Waals surface area contributed by atoms with Gasteiger partial charge in [-0.05, 0) is 41.4 Å². The van der Waals surface area contributed by atoms with Crippen LogP contribution in [-0.2, 0) is 0 Å². The van der Waals surface area contributed by atoms with E-state index in [2.05, 4.69) is 34.1 Å². The second-order valence-corrected chi connectivity index (χ2v) is 4.91. The maximum atomic E-state index is 5.55. The molecular weight excluding hydrogens is 250 g/mol. The van der Waals surface area contributed by atoms with Crippen LogP contribution in [0.15, 0.2) is 35.0 Å². The molecule has 0 bridgehead atoms. The third-order valence-corrected chi connectivity index (χ3v) is 3.32. The van der Waals surface area contributed by atoms with Crippen LogP contribution in [0.4, 0.5) is 5.82 Å². The highest BCUT2D eigenvalue weighted by Crippen LogP contribution is 2.20. The molecule has 5 heteroatoms. The molecular formula is C12H13N3S2. The largest absolute Gasteiger partial charge is 0.388 e. The van der Waals surface area contributed by atoms with Gasteiger partial charge in [-0.3, -0.25) is 0 Å². The molecule has 0 saturated carbocycles. The van der Waals surface area contributed by atoms with Gasteiger partial charge in [-0.25, -0.2) is 4.98 Å². The van der Waals surface area contributed by atoms with Gasteiger partial charge in [0.25, 0.3) is 0 Å². The molecule has 0 fully saturated rings. The zero-order valence-electron chi connectivity index (χ0n) is 9.38. The highest BCUT2D eigenvalue weighted by molar-refractivity contribution is 7.80. The van der Waals surface area contributed by atoms with Crippen molar-refractivity contribution in [2.24, 2.45) is 5.73 Å². The molecule has 2 rings (SSSR count). The Balaban J connectivity index is 2.13. The monoisotopic (exact) mass is 263 g/mol. The SMILES string of the molecule is CC(Nc1cccc(C(N)=S)n1)c1ccsc1. The van der Waals surface area contributed by atoms with Gasteiger partial charge in [0.2, 0.25) is 0 Å². The van der Waals surface area contributed by atoms with Crippen molar-refractivity contribution in [2.45, 2.75) is 13.0 Å². The molecule has 2 aromatic rings. The Hall–Kier alpha value is -1.46. The van der Waals surface area contributed by atoms with E-state index in [1.165, 1.54) is 5.56 Å². The van der Waals surface area contributed by atoms with Gasteiger partial charge in [0.15, 0.2) is 0 Å². The Morgan fingerprint density at radius 1 is 1.47 bits per heavy atom. The lowest BCUT2D eigenvalue weighted by Crippen LogP contribution is -2.13. The fourth-order valence-electron chi connectivity index (χ4n) is 1.48. The van der Waals surface area contributed by atoms with Gasteiger partial charge in [-0.15, -0.1) is 0 Å². The fourth-order valence-corrected chi connectivity index (χ4v) is 2.35. The van der Waals surface area contributed by atoms with Crippen LogP contribution in [0.3, 0.4) is 0 Å². The summed E-state index contributed by atoms with van der Waals surface area (Å²) in [6, 6.07) is 7.92. The van der Waals surface area contributed by atoms with Crippen LogP contribution < -0.4 is 11.1 Å². The quantitative estimate of drug-likeness (QED) is 0.833. The Bertz CT molecular complexity index is 508. The van der Waals surface area contributed by atoms with Crippen molar-refractivity contribution in [1.82, 2.24) is 4.98 Å². The van der Waals surface area contributed by atoms with Crippen molar-refractivity contribution < 1.29 is 0 Å². The average molecular weight is 263 g/mol. The lowest BCUT2D eigenvalue weighted by molar-refractivity contribution is 0.879. The predicted molar refractivity (Wildman–Crippen MR) is 76.5 cm³/mol. The van der Waals surface area contributed by atoms with Crippen molar-refractivity contribution >= 4 is 34.4 Å². The second-order valence-electron chi connectivity index (χ2n) is 3.70. The first-order valence-electron chi connectivity index (χ1n) is 5.22. The number of thiocarbonyl (C=S) groups is 1. The molecule has 1 atom stereocenters. The molecule has 2 heterocycles. The number of hydrogen-bond donors (Lipinski definition) is 2. The van der Waals surface area contributed by atoms with Gasteiger partial charge in [0, 0.05) is 0 Å². The normalized spacial score (nSPS) is 12.1. The van der Waals surface area contributed by atoms with E-state index in [1.807, 2.05) is 18.2 Å². The third-order valence-electron chi connectivity index (χ3n) is 2.41. The smallest absolute Gasteiger partial charge is 0.127 e. The molecule has 0 amide bonds. The van der Waals surface area contributed by atoms with Crippen LogP contribution in [0.2, 0.25) is 0 Å². The molecule has 1 unspecified atom stereocenters. The summed E-state index contributed by atoms with van der Waals surface area (Å²) >= 11 is 6.59. The van der Waals surface area contributed by atoms with E-state index in [-0.39, 0.29) is 6.04 Å². The molecule has 0 saturated heterocycles.